The summed E-state index contributed by atoms with van der Waals surface area (Å²) < 4.78 is 3.06. The number of rotatable bonds is 6. The molecule has 2 aromatic heterocycles. The lowest BCUT2D eigenvalue weighted by molar-refractivity contribution is -0.115. The number of nitrogens with zero attached hydrogens (tertiary/aromatic N) is 2. The van der Waals surface area contributed by atoms with Crippen molar-refractivity contribution in [3.8, 4) is 0 Å². The van der Waals surface area contributed by atoms with Gasteiger partial charge in [-0.05, 0) is 42.8 Å². The first kappa shape index (κ1) is 17.0. The predicted molar refractivity (Wildman–Crippen MR) is 103 cm³/mol. The van der Waals surface area contributed by atoms with Crippen LogP contribution in [0.5, 0.6) is 0 Å². The highest BCUT2D eigenvalue weighted by atomic mass is 79.9. The molecule has 2 heterocycles. The van der Waals surface area contributed by atoms with Gasteiger partial charge in [-0.1, -0.05) is 22.0 Å². The molecule has 0 aliphatic rings. The Hall–Kier alpha value is -1.79. The second-order valence-corrected chi connectivity index (χ2v) is 7.47. The van der Waals surface area contributed by atoms with Gasteiger partial charge in [0.25, 0.3) is 0 Å². The molecule has 6 heteroatoms. The summed E-state index contributed by atoms with van der Waals surface area (Å²) in [7, 11) is 0. The fourth-order valence-electron chi connectivity index (χ4n) is 2.34. The third kappa shape index (κ3) is 4.39. The molecular formula is C18H18BrN3OS. The van der Waals surface area contributed by atoms with E-state index in [0.29, 0.717) is 6.42 Å². The summed E-state index contributed by atoms with van der Waals surface area (Å²) in [6.07, 6.45) is 4.52. The maximum absolute atomic E-state index is 12.0. The summed E-state index contributed by atoms with van der Waals surface area (Å²) >= 11 is 5.18. The zero-order chi connectivity index (χ0) is 16.9. The Kier molecular flexibility index (Phi) is 5.58. The molecule has 1 amide bonds. The normalized spacial score (nSPS) is 10.9. The lowest BCUT2D eigenvalue weighted by Gasteiger charge is -2.07. The number of thioether (sulfide) groups is 1. The molecule has 0 aliphatic heterocycles. The van der Waals surface area contributed by atoms with Crippen LogP contribution in [-0.2, 0) is 10.5 Å². The maximum atomic E-state index is 12.0. The van der Waals surface area contributed by atoms with E-state index in [2.05, 4.69) is 26.2 Å². The lowest BCUT2D eigenvalue weighted by Crippen LogP contribution is -2.12. The molecule has 3 rings (SSSR count). The van der Waals surface area contributed by atoms with Crippen LogP contribution in [0.4, 0.5) is 5.69 Å². The number of nitrogens with one attached hydrogen (secondary N) is 1. The van der Waals surface area contributed by atoms with Crippen LogP contribution in [0.3, 0.4) is 0 Å². The Balaban J connectivity index is 1.44. The summed E-state index contributed by atoms with van der Waals surface area (Å²) in [5.41, 5.74) is 3.94. The number of fused-ring (bicyclic) bond motifs is 1. The Labute approximate surface area is 153 Å². The van der Waals surface area contributed by atoms with Crippen LogP contribution in [0, 0.1) is 6.92 Å². The molecule has 0 saturated heterocycles. The fraction of sp³-hybridized carbons (Fsp3) is 0.222. The molecule has 0 unspecified atom stereocenters. The van der Waals surface area contributed by atoms with Gasteiger partial charge in [0, 0.05) is 40.5 Å². The number of hydrogen-bond acceptors (Lipinski definition) is 3. The molecule has 1 aromatic carbocycles. The number of aryl methyl sites for hydroxylation is 1. The van der Waals surface area contributed by atoms with Crippen molar-refractivity contribution in [1.82, 2.24) is 9.38 Å². The van der Waals surface area contributed by atoms with E-state index in [0.717, 1.165) is 38.6 Å². The molecule has 24 heavy (non-hydrogen) atoms. The third-order valence-corrected chi connectivity index (χ3v) is 5.46. The van der Waals surface area contributed by atoms with Gasteiger partial charge in [-0.15, -0.1) is 0 Å². The second-order valence-electron chi connectivity index (χ2n) is 5.51. The highest BCUT2D eigenvalue weighted by Gasteiger charge is 2.05. The summed E-state index contributed by atoms with van der Waals surface area (Å²) in [5.74, 6) is 1.63. The summed E-state index contributed by atoms with van der Waals surface area (Å²) in [5, 5.41) is 2.94. The van der Waals surface area contributed by atoms with Crippen molar-refractivity contribution in [2.45, 2.75) is 19.1 Å². The molecule has 0 atom stereocenters. The van der Waals surface area contributed by atoms with Crippen LogP contribution in [0.15, 0.2) is 53.3 Å². The molecule has 0 aliphatic carbocycles. The number of benzene rings is 1. The molecule has 0 radical (unpaired) electrons. The van der Waals surface area contributed by atoms with Crippen LogP contribution >= 0.6 is 27.7 Å². The molecular weight excluding hydrogens is 386 g/mol. The van der Waals surface area contributed by atoms with Crippen LogP contribution in [0.2, 0.25) is 0 Å². The number of aromatic nitrogens is 2. The Morgan fingerprint density at radius 1 is 1.33 bits per heavy atom. The number of hydrogen-bond donors (Lipinski definition) is 1. The Morgan fingerprint density at radius 3 is 3.00 bits per heavy atom. The number of amides is 1. The number of anilines is 1. The lowest BCUT2D eigenvalue weighted by atomic mass is 10.2. The minimum absolute atomic E-state index is 0.0409. The van der Waals surface area contributed by atoms with Gasteiger partial charge in [-0.3, -0.25) is 4.79 Å². The molecule has 124 valence electrons. The molecule has 4 nitrogen and oxygen atoms in total. The van der Waals surface area contributed by atoms with E-state index in [1.165, 1.54) is 0 Å². The molecule has 1 N–H and O–H groups in total. The average Bonchev–Trinajstić information content (AvgIpc) is 2.98. The largest absolute Gasteiger partial charge is 0.326 e. The number of imidazole rings is 1. The molecule has 0 bridgehead atoms. The third-order valence-electron chi connectivity index (χ3n) is 3.58. The van der Waals surface area contributed by atoms with Gasteiger partial charge in [-0.25, -0.2) is 4.98 Å². The van der Waals surface area contributed by atoms with Gasteiger partial charge >= 0.3 is 0 Å². The first-order valence-corrected chi connectivity index (χ1v) is 9.63. The highest BCUT2D eigenvalue weighted by molar-refractivity contribution is 9.10. The minimum atomic E-state index is 0.0409. The molecule has 3 aromatic rings. The van der Waals surface area contributed by atoms with Crippen LogP contribution in [0.25, 0.3) is 5.65 Å². The van der Waals surface area contributed by atoms with Gasteiger partial charge in [0.05, 0.1) is 5.69 Å². The van der Waals surface area contributed by atoms with Crippen molar-refractivity contribution in [1.29, 1.82) is 0 Å². The van der Waals surface area contributed by atoms with Crippen molar-refractivity contribution in [2.75, 3.05) is 11.1 Å². The van der Waals surface area contributed by atoms with Crippen molar-refractivity contribution in [3.63, 3.8) is 0 Å². The molecule has 0 spiro atoms. The standard InChI is InChI=1S/C18H18BrN3OS/c1-13-10-14(5-6-16(13)19)21-18(23)7-9-24-12-15-11-22-8-3-2-4-17(22)20-15/h2-6,8,10-11H,7,9,12H2,1H3,(H,21,23). The Morgan fingerprint density at radius 2 is 2.21 bits per heavy atom. The summed E-state index contributed by atoms with van der Waals surface area (Å²) in [4.78, 5) is 16.6. The average molecular weight is 404 g/mol. The minimum Gasteiger partial charge on any atom is -0.326 e. The number of pyridine rings is 1. The van der Waals surface area contributed by atoms with E-state index in [1.54, 1.807) is 11.8 Å². The van der Waals surface area contributed by atoms with Crippen LogP contribution < -0.4 is 5.32 Å². The zero-order valence-electron chi connectivity index (χ0n) is 13.3. The van der Waals surface area contributed by atoms with Gasteiger partial charge in [-0.2, -0.15) is 11.8 Å². The van der Waals surface area contributed by atoms with E-state index < -0.39 is 0 Å². The van der Waals surface area contributed by atoms with E-state index in [-0.39, 0.29) is 5.91 Å². The van der Waals surface area contributed by atoms with E-state index in [1.807, 2.05) is 60.1 Å². The highest BCUT2D eigenvalue weighted by Crippen LogP contribution is 2.20. The topological polar surface area (TPSA) is 46.4 Å². The van der Waals surface area contributed by atoms with Gasteiger partial charge in [0.1, 0.15) is 5.65 Å². The van der Waals surface area contributed by atoms with E-state index >= 15 is 0 Å². The molecule has 0 saturated carbocycles. The monoisotopic (exact) mass is 403 g/mol. The Bertz CT molecular complexity index is 829. The number of carbonyl (C=O) groups is 1. The second kappa shape index (κ2) is 7.85. The predicted octanol–water partition coefficient (Wildman–Crippen LogP) is 4.67. The molecule has 0 fully saturated rings. The quantitative estimate of drug-likeness (QED) is 0.608. The first-order chi connectivity index (χ1) is 11.6. The van der Waals surface area contributed by atoms with Crippen molar-refractivity contribution in [2.24, 2.45) is 0 Å². The van der Waals surface area contributed by atoms with Crippen molar-refractivity contribution >= 4 is 44.9 Å². The van der Waals surface area contributed by atoms with E-state index in [4.69, 9.17) is 0 Å². The maximum Gasteiger partial charge on any atom is 0.225 e. The van der Waals surface area contributed by atoms with Crippen molar-refractivity contribution in [3.05, 3.63) is 64.5 Å². The SMILES string of the molecule is Cc1cc(NC(=O)CCSCc2cn3ccccc3n2)ccc1Br. The van der Waals surface area contributed by atoms with E-state index in [9.17, 15) is 4.79 Å². The van der Waals surface area contributed by atoms with Crippen LogP contribution in [0.1, 0.15) is 17.7 Å². The fourth-order valence-corrected chi connectivity index (χ4v) is 3.41. The number of halogens is 1. The zero-order valence-corrected chi connectivity index (χ0v) is 15.7. The van der Waals surface area contributed by atoms with Crippen molar-refractivity contribution < 1.29 is 4.79 Å². The summed E-state index contributed by atoms with van der Waals surface area (Å²) in [6, 6.07) is 11.8. The van der Waals surface area contributed by atoms with Gasteiger partial charge < -0.3 is 9.72 Å². The van der Waals surface area contributed by atoms with Gasteiger partial charge in [0.2, 0.25) is 5.91 Å². The first-order valence-electron chi connectivity index (χ1n) is 7.68. The smallest absolute Gasteiger partial charge is 0.225 e. The van der Waals surface area contributed by atoms with Crippen LogP contribution in [-0.4, -0.2) is 21.0 Å². The van der Waals surface area contributed by atoms with Gasteiger partial charge in [0.15, 0.2) is 0 Å². The number of carbonyl (C=O) groups excluding carboxylic acids is 1. The summed E-state index contributed by atoms with van der Waals surface area (Å²) in [6.45, 7) is 2.00.